The number of para-hydroxylation sites is 1. The van der Waals surface area contributed by atoms with Gasteiger partial charge in [-0.15, -0.1) is 0 Å². The molecular weight excluding hydrogens is 452 g/mol. The minimum atomic E-state index is -3.87. The van der Waals surface area contributed by atoms with Gasteiger partial charge < -0.3 is 5.32 Å². The number of nitrogens with one attached hydrogen (secondary N) is 1. The molecule has 1 amide bonds. The SMILES string of the molecule is O=C(CN(c1ccccc1)S(=O)(=O)c1ccccc1)NCCSCc1ccccc1Cl. The zero-order valence-corrected chi connectivity index (χ0v) is 19.2. The minimum absolute atomic E-state index is 0.141. The number of hydrogen-bond donors (Lipinski definition) is 1. The van der Waals surface area contributed by atoms with Gasteiger partial charge in [-0.05, 0) is 35.9 Å². The van der Waals surface area contributed by atoms with Crippen molar-refractivity contribution < 1.29 is 13.2 Å². The van der Waals surface area contributed by atoms with Crippen LogP contribution in [0.5, 0.6) is 0 Å². The molecule has 0 spiro atoms. The summed E-state index contributed by atoms with van der Waals surface area (Å²) in [6.45, 7) is 0.137. The van der Waals surface area contributed by atoms with E-state index in [1.807, 2.05) is 24.3 Å². The number of hydrogen-bond acceptors (Lipinski definition) is 4. The van der Waals surface area contributed by atoms with E-state index in [-0.39, 0.29) is 17.3 Å². The first-order valence-electron chi connectivity index (χ1n) is 9.69. The Hall–Kier alpha value is -2.48. The lowest BCUT2D eigenvalue weighted by Crippen LogP contribution is -2.41. The molecular formula is C23H23ClN2O3S2. The van der Waals surface area contributed by atoms with E-state index in [0.29, 0.717) is 18.0 Å². The Morgan fingerprint density at radius 2 is 1.52 bits per heavy atom. The first-order valence-corrected chi connectivity index (χ1v) is 12.7. The molecule has 1 N–H and O–H groups in total. The average molecular weight is 475 g/mol. The van der Waals surface area contributed by atoms with Crippen molar-refractivity contribution in [3.05, 3.63) is 95.5 Å². The van der Waals surface area contributed by atoms with Crippen LogP contribution in [0.2, 0.25) is 5.02 Å². The van der Waals surface area contributed by atoms with Crippen LogP contribution < -0.4 is 9.62 Å². The Kier molecular flexibility index (Phi) is 8.40. The zero-order valence-electron chi connectivity index (χ0n) is 16.8. The molecule has 162 valence electrons. The number of halogens is 1. The average Bonchev–Trinajstić information content (AvgIpc) is 2.79. The molecule has 0 unspecified atom stereocenters. The van der Waals surface area contributed by atoms with Gasteiger partial charge in [0, 0.05) is 23.1 Å². The molecule has 31 heavy (non-hydrogen) atoms. The van der Waals surface area contributed by atoms with Crippen LogP contribution in [0.3, 0.4) is 0 Å². The summed E-state index contributed by atoms with van der Waals surface area (Å²) in [6, 6.07) is 24.4. The number of anilines is 1. The molecule has 3 rings (SSSR count). The Bertz CT molecular complexity index is 1090. The summed E-state index contributed by atoms with van der Waals surface area (Å²) in [5.41, 5.74) is 1.49. The highest BCUT2D eigenvalue weighted by atomic mass is 35.5. The van der Waals surface area contributed by atoms with Crippen LogP contribution in [-0.4, -0.2) is 33.2 Å². The molecule has 0 saturated heterocycles. The third-order valence-corrected chi connectivity index (χ3v) is 7.61. The van der Waals surface area contributed by atoms with E-state index < -0.39 is 10.0 Å². The van der Waals surface area contributed by atoms with Crippen molar-refractivity contribution in [2.45, 2.75) is 10.6 Å². The van der Waals surface area contributed by atoms with Gasteiger partial charge in [0.15, 0.2) is 0 Å². The van der Waals surface area contributed by atoms with Crippen LogP contribution in [0.1, 0.15) is 5.56 Å². The van der Waals surface area contributed by atoms with E-state index in [2.05, 4.69) is 5.32 Å². The maximum atomic E-state index is 13.2. The van der Waals surface area contributed by atoms with Gasteiger partial charge in [-0.1, -0.05) is 66.2 Å². The van der Waals surface area contributed by atoms with Crippen molar-refractivity contribution in [1.29, 1.82) is 0 Å². The van der Waals surface area contributed by atoms with Crippen LogP contribution in [0.4, 0.5) is 5.69 Å². The van der Waals surface area contributed by atoms with Gasteiger partial charge in [-0.25, -0.2) is 8.42 Å². The fourth-order valence-electron chi connectivity index (χ4n) is 2.88. The summed E-state index contributed by atoms with van der Waals surface area (Å²) in [6.07, 6.45) is 0. The number of nitrogens with zero attached hydrogens (tertiary/aromatic N) is 1. The zero-order chi connectivity index (χ0) is 22.1. The number of benzene rings is 3. The van der Waals surface area contributed by atoms with E-state index in [1.54, 1.807) is 60.3 Å². The predicted molar refractivity (Wildman–Crippen MR) is 128 cm³/mol. The van der Waals surface area contributed by atoms with Gasteiger partial charge in [0.25, 0.3) is 10.0 Å². The smallest absolute Gasteiger partial charge is 0.264 e. The number of amides is 1. The predicted octanol–water partition coefficient (Wildman–Crippen LogP) is 4.58. The van der Waals surface area contributed by atoms with E-state index >= 15 is 0 Å². The van der Waals surface area contributed by atoms with Crippen molar-refractivity contribution in [1.82, 2.24) is 5.32 Å². The second kappa shape index (κ2) is 11.2. The second-order valence-corrected chi connectivity index (χ2v) is 10.0. The molecule has 0 atom stereocenters. The second-order valence-electron chi connectivity index (χ2n) is 6.65. The van der Waals surface area contributed by atoms with Gasteiger partial charge in [0.1, 0.15) is 6.54 Å². The lowest BCUT2D eigenvalue weighted by atomic mass is 10.2. The Labute approximate surface area is 192 Å². The molecule has 0 aromatic heterocycles. The molecule has 8 heteroatoms. The van der Waals surface area contributed by atoms with Crippen LogP contribution in [0.15, 0.2) is 89.8 Å². The van der Waals surface area contributed by atoms with E-state index in [1.165, 1.54) is 12.1 Å². The van der Waals surface area contributed by atoms with Crippen molar-refractivity contribution in [2.24, 2.45) is 0 Å². The van der Waals surface area contributed by atoms with Crippen LogP contribution in [0, 0.1) is 0 Å². The molecule has 0 aliphatic rings. The highest BCUT2D eigenvalue weighted by molar-refractivity contribution is 7.98. The third-order valence-electron chi connectivity index (χ3n) is 4.45. The Balaban J connectivity index is 1.60. The number of sulfonamides is 1. The summed E-state index contributed by atoms with van der Waals surface area (Å²) >= 11 is 7.80. The van der Waals surface area contributed by atoms with Crippen LogP contribution >= 0.6 is 23.4 Å². The van der Waals surface area contributed by atoms with Gasteiger partial charge in [0.2, 0.25) is 5.91 Å². The fourth-order valence-corrected chi connectivity index (χ4v) is 5.46. The van der Waals surface area contributed by atoms with Crippen LogP contribution in [0.25, 0.3) is 0 Å². The minimum Gasteiger partial charge on any atom is -0.354 e. The fraction of sp³-hybridized carbons (Fsp3) is 0.174. The Morgan fingerprint density at radius 1 is 0.903 bits per heavy atom. The standard InChI is InChI=1S/C23H23ClN2O3S2/c24-22-14-8-7-9-19(22)18-30-16-15-25-23(27)17-26(20-10-3-1-4-11-20)31(28,29)21-12-5-2-6-13-21/h1-14H,15-18H2,(H,25,27). The molecule has 0 aliphatic heterocycles. The van der Waals surface area contributed by atoms with E-state index in [4.69, 9.17) is 11.6 Å². The monoisotopic (exact) mass is 474 g/mol. The summed E-state index contributed by atoms with van der Waals surface area (Å²) in [5.74, 6) is 1.07. The van der Waals surface area contributed by atoms with Gasteiger partial charge in [-0.2, -0.15) is 11.8 Å². The first kappa shape index (κ1) is 23.2. The first-order chi connectivity index (χ1) is 15.0. The highest BCUT2D eigenvalue weighted by Crippen LogP contribution is 2.23. The highest BCUT2D eigenvalue weighted by Gasteiger charge is 2.26. The lowest BCUT2D eigenvalue weighted by Gasteiger charge is -2.24. The third kappa shape index (κ3) is 6.50. The summed E-state index contributed by atoms with van der Waals surface area (Å²) in [4.78, 5) is 12.7. The summed E-state index contributed by atoms with van der Waals surface area (Å²) < 4.78 is 27.5. The topological polar surface area (TPSA) is 66.5 Å². The van der Waals surface area contributed by atoms with E-state index in [9.17, 15) is 13.2 Å². The van der Waals surface area contributed by atoms with Crippen molar-refractivity contribution in [2.75, 3.05) is 23.1 Å². The summed E-state index contributed by atoms with van der Waals surface area (Å²) in [5, 5.41) is 3.53. The number of thioether (sulfide) groups is 1. The van der Waals surface area contributed by atoms with E-state index in [0.717, 1.165) is 20.6 Å². The number of carbonyl (C=O) groups excluding carboxylic acids is 1. The van der Waals surface area contributed by atoms with Gasteiger partial charge in [-0.3, -0.25) is 9.10 Å². The lowest BCUT2D eigenvalue weighted by molar-refractivity contribution is -0.119. The molecule has 0 radical (unpaired) electrons. The summed E-state index contributed by atoms with van der Waals surface area (Å²) in [7, 11) is -3.87. The molecule has 5 nitrogen and oxygen atoms in total. The molecule has 0 bridgehead atoms. The largest absolute Gasteiger partial charge is 0.354 e. The molecule has 3 aromatic carbocycles. The molecule has 0 fully saturated rings. The Morgan fingerprint density at radius 3 is 2.19 bits per heavy atom. The normalized spacial score (nSPS) is 11.1. The van der Waals surface area contributed by atoms with Gasteiger partial charge >= 0.3 is 0 Å². The number of carbonyl (C=O) groups is 1. The molecule has 0 saturated carbocycles. The van der Waals surface area contributed by atoms with Crippen molar-refractivity contribution in [3.63, 3.8) is 0 Å². The molecule has 0 aliphatic carbocycles. The molecule has 0 heterocycles. The van der Waals surface area contributed by atoms with Crippen molar-refractivity contribution >= 4 is 45.0 Å². The number of rotatable bonds is 10. The van der Waals surface area contributed by atoms with Gasteiger partial charge in [0.05, 0.1) is 10.6 Å². The quantitative estimate of drug-likeness (QED) is 0.436. The van der Waals surface area contributed by atoms with Crippen molar-refractivity contribution in [3.8, 4) is 0 Å². The van der Waals surface area contributed by atoms with Crippen LogP contribution in [-0.2, 0) is 20.6 Å². The maximum Gasteiger partial charge on any atom is 0.264 e. The maximum absolute atomic E-state index is 13.2. The molecule has 3 aromatic rings.